The molecule has 0 saturated heterocycles. The first-order chi connectivity index (χ1) is 11.7. The van der Waals surface area contributed by atoms with Gasteiger partial charge in [-0.2, -0.15) is 0 Å². The van der Waals surface area contributed by atoms with E-state index in [9.17, 15) is 19.2 Å². The number of carbonyl (C=O) groups is 4. The van der Waals surface area contributed by atoms with Crippen LogP contribution in [0.5, 0.6) is 0 Å². The fraction of sp³-hybridized carbons (Fsp3) is 0.750. The number of primary amides is 1. The Morgan fingerprint density at radius 3 is 2.24 bits per heavy atom. The topological polar surface area (TPSA) is 154 Å². The summed E-state index contributed by atoms with van der Waals surface area (Å²) >= 11 is 0. The summed E-state index contributed by atoms with van der Waals surface area (Å²) in [5, 5.41) is 5.25. The molecule has 0 rings (SSSR count). The Morgan fingerprint density at radius 2 is 1.68 bits per heavy atom. The van der Waals surface area contributed by atoms with Crippen molar-refractivity contribution >= 4 is 23.7 Å². The highest BCUT2D eigenvalue weighted by molar-refractivity contribution is 5.89. The minimum atomic E-state index is -0.838. The first kappa shape index (κ1) is 22.8. The number of ether oxygens (including phenoxy) is 1. The molecule has 0 aromatic rings. The number of amides is 3. The Hall–Kier alpha value is -2.16. The van der Waals surface area contributed by atoms with Gasteiger partial charge in [0.25, 0.3) is 0 Å². The number of rotatable bonds is 13. The largest absolute Gasteiger partial charge is 0.466 e. The molecule has 6 N–H and O–H groups in total. The summed E-state index contributed by atoms with van der Waals surface area (Å²) in [6, 6.07) is -1.59. The lowest BCUT2D eigenvalue weighted by Crippen LogP contribution is -2.51. The number of unbranched alkanes of at least 4 members (excludes halogenated alkanes) is 3. The zero-order valence-electron chi connectivity index (χ0n) is 15.0. The summed E-state index contributed by atoms with van der Waals surface area (Å²) in [4.78, 5) is 45.3. The third kappa shape index (κ3) is 12.9. The molecule has 0 saturated carbocycles. The van der Waals surface area contributed by atoms with Crippen LogP contribution in [0, 0.1) is 0 Å². The van der Waals surface area contributed by atoms with Crippen LogP contribution in [0.2, 0.25) is 0 Å². The molecule has 144 valence electrons. The third-order valence-corrected chi connectivity index (χ3v) is 3.40. The van der Waals surface area contributed by atoms with E-state index in [1.54, 1.807) is 0 Å². The van der Waals surface area contributed by atoms with Gasteiger partial charge >= 0.3 is 5.97 Å². The molecule has 9 nitrogen and oxygen atoms in total. The van der Waals surface area contributed by atoms with Crippen molar-refractivity contribution in [1.29, 1.82) is 0 Å². The van der Waals surface area contributed by atoms with Crippen LogP contribution in [0.1, 0.15) is 52.4 Å². The first-order valence-corrected chi connectivity index (χ1v) is 8.49. The summed E-state index contributed by atoms with van der Waals surface area (Å²) in [6.07, 6.45) is 3.42. The van der Waals surface area contributed by atoms with E-state index in [4.69, 9.17) is 16.2 Å². The van der Waals surface area contributed by atoms with Crippen LogP contribution in [-0.2, 0) is 23.9 Å². The molecule has 0 heterocycles. The van der Waals surface area contributed by atoms with Gasteiger partial charge in [-0.25, -0.2) is 0 Å². The summed E-state index contributed by atoms with van der Waals surface area (Å²) in [5.41, 5.74) is 10.6. The molecule has 2 atom stereocenters. The maximum absolute atomic E-state index is 12.1. The Morgan fingerprint density at radius 1 is 1.04 bits per heavy atom. The molecule has 0 aromatic carbocycles. The Labute approximate surface area is 148 Å². The van der Waals surface area contributed by atoms with Crippen molar-refractivity contribution in [2.75, 3.05) is 13.2 Å². The number of carbonyl (C=O) groups excluding carboxylic acids is 4. The second-order valence-electron chi connectivity index (χ2n) is 5.90. The van der Waals surface area contributed by atoms with Crippen molar-refractivity contribution in [3.05, 3.63) is 0 Å². The molecule has 0 bridgehead atoms. The van der Waals surface area contributed by atoms with Crippen molar-refractivity contribution in [3.8, 4) is 0 Å². The average molecular weight is 358 g/mol. The molecule has 0 radical (unpaired) electrons. The monoisotopic (exact) mass is 358 g/mol. The lowest BCUT2D eigenvalue weighted by Gasteiger charge is -2.19. The maximum atomic E-state index is 12.1. The predicted octanol–water partition coefficient (Wildman–Crippen LogP) is -0.676. The summed E-state index contributed by atoms with van der Waals surface area (Å²) < 4.78 is 4.82. The average Bonchev–Trinajstić information content (AvgIpc) is 2.52. The highest BCUT2D eigenvalue weighted by Crippen LogP contribution is 2.01. The third-order valence-electron chi connectivity index (χ3n) is 3.40. The maximum Gasteiger partial charge on any atom is 0.302 e. The minimum Gasteiger partial charge on any atom is -0.466 e. The van der Waals surface area contributed by atoms with Crippen molar-refractivity contribution in [1.82, 2.24) is 10.6 Å². The molecule has 25 heavy (non-hydrogen) atoms. The highest BCUT2D eigenvalue weighted by atomic mass is 16.5. The quantitative estimate of drug-likeness (QED) is 0.253. The van der Waals surface area contributed by atoms with Crippen molar-refractivity contribution in [2.24, 2.45) is 11.5 Å². The zero-order chi connectivity index (χ0) is 19.2. The van der Waals surface area contributed by atoms with E-state index >= 15 is 0 Å². The van der Waals surface area contributed by atoms with Crippen LogP contribution < -0.4 is 22.1 Å². The van der Waals surface area contributed by atoms with Gasteiger partial charge in [-0.3, -0.25) is 19.2 Å². The molecule has 3 amide bonds. The summed E-state index contributed by atoms with van der Waals surface area (Å²) in [7, 11) is 0. The zero-order valence-corrected chi connectivity index (χ0v) is 15.0. The molecule has 9 heteroatoms. The van der Waals surface area contributed by atoms with Crippen LogP contribution in [0.4, 0.5) is 0 Å². The molecular formula is C16H30N4O5. The summed E-state index contributed by atoms with van der Waals surface area (Å²) in [6.45, 7) is 3.73. The molecule has 0 aliphatic heterocycles. The van der Waals surface area contributed by atoms with Gasteiger partial charge in [0.15, 0.2) is 0 Å². The molecule has 0 aliphatic rings. The second kappa shape index (κ2) is 13.2. The summed E-state index contributed by atoms with van der Waals surface area (Å²) in [5.74, 6) is -1.66. The lowest BCUT2D eigenvalue weighted by atomic mass is 10.1. The smallest absolute Gasteiger partial charge is 0.302 e. The normalized spacial score (nSPS) is 12.8. The van der Waals surface area contributed by atoms with E-state index in [0.29, 0.717) is 13.2 Å². The van der Waals surface area contributed by atoms with E-state index in [0.717, 1.165) is 25.7 Å². The number of esters is 1. The van der Waals surface area contributed by atoms with Gasteiger partial charge in [0, 0.05) is 19.9 Å². The predicted molar refractivity (Wildman–Crippen MR) is 92.1 cm³/mol. The van der Waals surface area contributed by atoms with Crippen molar-refractivity contribution in [3.63, 3.8) is 0 Å². The van der Waals surface area contributed by atoms with Gasteiger partial charge in [-0.05, 0) is 32.6 Å². The van der Waals surface area contributed by atoms with Gasteiger partial charge in [0.05, 0.1) is 12.6 Å². The standard InChI is InChI=1S/C16H30N4O5/c1-11(17)15(23)20-13(7-8-14(18)22)16(24)19-9-5-3-4-6-10-25-12(2)21/h11,13H,3-10,17H2,1-2H3,(H2,18,22)(H,19,24)(H,20,23)/t11-,13+/m1/s1. The SMILES string of the molecule is CC(=O)OCCCCCCNC(=O)[C@H](CCC(N)=O)NC(=O)[C@@H](C)N. The van der Waals surface area contributed by atoms with Crippen LogP contribution in [0.15, 0.2) is 0 Å². The van der Waals surface area contributed by atoms with Gasteiger partial charge in [-0.15, -0.1) is 0 Å². The van der Waals surface area contributed by atoms with Gasteiger partial charge in [0.1, 0.15) is 6.04 Å². The molecule has 0 aliphatic carbocycles. The minimum absolute atomic E-state index is 0.00648. The van der Waals surface area contributed by atoms with Crippen LogP contribution >= 0.6 is 0 Å². The van der Waals surface area contributed by atoms with Gasteiger partial charge in [-0.1, -0.05) is 6.42 Å². The van der Waals surface area contributed by atoms with E-state index in [1.807, 2.05) is 0 Å². The van der Waals surface area contributed by atoms with Crippen molar-refractivity contribution < 1.29 is 23.9 Å². The van der Waals surface area contributed by atoms with Crippen LogP contribution in [0.25, 0.3) is 0 Å². The number of nitrogens with one attached hydrogen (secondary N) is 2. The molecular weight excluding hydrogens is 328 g/mol. The molecule has 0 fully saturated rings. The molecule has 0 unspecified atom stereocenters. The number of nitrogens with two attached hydrogens (primary N) is 2. The van der Waals surface area contributed by atoms with Crippen LogP contribution in [0.3, 0.4) is 0 Å². The molecule has 0 aromatic heterocycles. The highest BCUT2D eigenvalue weighted by Gasteiger charge is 2.22. The molecule has 0 spiro atoms. The van der Waals surface area contributed by atoms with E-state index < -0.39 is 23.9 Å². The van der Waals surface area contributed by atoms with Gasteiger partial charge in [0.2, 0.25) is 17.7 Å². The van der Waals surface area contributed by atoms with Crippen LogP contribution in [-0.4, -0.2) is 48.9 Å². The van der Waals surface area contributed by atoms with E-state index in [-0.39, 0.29) is 24.7 Å². The Bertz CT molecular complexity index is 454. The number of hydrogen-bond donors (Lipinski definition) is 4. The second-order valence-corrected chi connectivity index (χ2v) is 5.90. The Kier molecular flexibility index (Phi) is 12.0. The lowest BCUT2D eigenvalue weighted by molar-refractivity contribution is -0.141. The number of hydrogen-bond acceptors (Lipinski definition) is 6. The van der Waals surface area contributed by atoms with Crippen molar-refractivity contribution in [2.45, 2.75) is 64.5 Å². The van der Waals surface area contributed by atoms with Gasteiger partial charge < -0.3 is 26.8 Å². The fourth-order valence-electron chi connectivity index (χ4n) is 1.99. The van der Waals surface area contributed by atoms with E-state index in [1.165, 1.54) is 13.8 Å². The first-order valence-electron chi connectivity index (χ1n) is 8.49. The van der Waals surface area contributed by atoms with E-state index in [2.05, 4.69) is 10.6 Å². The fourth-order valence-corrected chi connectivity index (χ4v) is 1.99. The Balaban J connectivity index is 4.09.